The van der Waals surface area contributed by atoms with Crippen molar-refractivity contribution in [3.63, 3.8) is 0 Å². The first-order chi connectivity index (χ1) is 7.63. The molecule has 11 heteroatoms. The molecule has 1 aromatic rings. The number of hydrogen-bond donors (Lipinski definition) is 2. The molecule has 0 spiro atoms. The quantitative estimate of drug-likeness (QED) is 0.290. The maximum absolute atomic E-state index is 8.83. The lowest BCUT2D eigenvalue weighted by atomic mass is 10.6. The summed E-state index contributed by atoms with van der Waals surface area (Å²) < 4.78 is 16.8. The Balaban J connectivity index is 2.02. The molecular weight excluding hydrogens is 331 g/mol. The lowest BCUT2D eigenvalue weighted by molar-refractivity contribution is 0.668. The van der Waals surface area contributed by atoms with Crippen molar-refractivity contribution in [2.24, 2.45) is 4.99 Å². The van der Waals surface area contributed by atoms with Gasteiger partial charge < -0.3 is 4.55 Å². The van der Waals surface area contributed by atoms with Gasteiger partial charge in [0, 0.05) is 11.5 Å². The van der Waals surface area contributed by atoms with Gasteiger partial charge in [-0.25, -0.2) is 9.71 Å². The highest BCUT2D eigenvalue weighted by Gasteiger charge is 2.43. The molecule has 88 valence electrons. The average Bonchev–Trinajstić information content (AvgIpc) is 2.86. The highest BCUT2D eigenvalue weighted by Crippen LogP contribution is 2.34. The van der Waals surface area contributed by atoms with Crippen LogP contribution < -0.4 is 4.72 Å². The molecule has 1 aromatic heterocycles. The normalized spacial score (nSPS) is 26.8. The van der Waals surface area contributed by atoms with Crippen LogP contribution in [0.2, 0.25) is 0 Å². The molecule has 0 amide bonds. The Hall–Kier alpha value is 0.780. The van der Waals surface area contributed by atoms with E-state index in [0.717, 1.165) is 4.34 Å². The SMILES string of the molecule is OSC1=N[C@](Cl)(C[S+](Cl)c2ncns2)NS1. The Labute approximate surface area is 117 Å². The minimum Gasteiger partial charge on any atom is -0.324 e. The topological polar surface area (TPSA) is 70.4 Å². The third-order valence-corrected chi connectivity index (χ3v) is 6.98. The first-order valence-electron chi connectivity index (χ1n) is 3.81. The zero-order chi connectivity index (χ0) is 11.6. The van der Waals surface area contributed by atoms with Crippen molar-refractivity contribution in [1.82, 2.24) is 14.1 Å². The Morgan fingerprint density at radius 1 is 1.69 bits per heavy atom. The summed E-state index contributed by atoms with van der Waals surface area (Å²) in [5.41, 5.74) is 0. The van der Waals surface area contributed by atoms with Crippen LogP contribution in [0.25, 0.3) is 0 Å². The Morgan fingerprint density at radius 2 is 2.50 bits per heavy atom. The van der Waals surface area contributed by atoms with Crippen molar-refractivity contribution in [2.45, 2.75) is 9.46 Å². The van der Waals surface area contributed by atoms with E-state index in [4.69, 9.17) is 26.8 Å². The Kier molecular flexibility index (Phi) is 4.64. The molecule has 5 nitrogen and oxygen atoms in total. The van der Waals surface area contributed by atoms with Crippen molar-refractivity contribution in [1.29, 1.82) is 0 Å². The molecule has 0 saturated carbocycles. The molecule has 0 fully saturated rings. The Bertz CT molecular complexity index is 390. The van der Waals surface area contributed by atoms with Gasteiger partial charge in [-0.2, -0.15) is 9.36 Å². The van der Waals surface area contributed by atoms with Crippen LogP contribution in [-0.4, -0.2) is 29.2 Å². The first kappa shape index (κ1) is 13.2. The van der Waals surface area contributed by atoms with Crippen LogP contribution in [0, 0.1) is 0 Å². The summed E-state index contributed by atoms with van der Waals surface area (Å²) >= 11 is 9.18. The van der Waals surface area contributed by atoms with Gasteiger partial charge in [-0.05, 0) is 11.9 Å². The molecule has 1 aliphatic rings. The van der Waals surface area contributed by atoms with E-state index in [-0.39, 0.29) is 0 Å². The summed E-state index contributed by atoms with van der Waals surface area (Å²) in [4.78, 5) is 8.13. The van der Waals surface area contributed by atoms with E-state index in [2.05, 4.69) is 19.1 Å². The highest BCUT2D eigenvalue weighted by molar-refractivity contribution is 8.36. The minimum absolute atomic E-state index is 0.391. The van der Waals surface area contributed by atoms with Gasteiger partial charge in [0.25, 0.3) is 0 Å². The summed E-state index contributed by atoms with van der Waals surface area (Å²) in [6.45, 7) is 0. The fourth-order valence-electron chi connectivity index (χ4n) is 0.903. The van der Waals surface area contributed by atoms with Crippen molar-refractivity contribution in [3.8, 4) is 0 Å². The van der Waals surface area contributed by atoms with Crippen molar-refractivity contribution in [2.75, 3.05) is 5.75 Å². The molecule has 2 atom stereocenters. The first-order valence-corrected chi connectivity index (χ1v) is 8.77. The van der Waals surface area contributed by atoms with E-state index in [9.17, 15) is 0 Å². The van der Waals surface area contributed by atoms with Crippen LogP contribution in [0.3, 0.4) is 0 Å². The highest BCUT2D eigenvalue weighted by atomic mass is 35.7. The predicted molar refractivity (Wildman–Crippen MR) is 73.2 cm³/mol. The molecule has 0 radical (unpaired) electrons. The molecule has 0 saturated heterocycles. The molecule has 16 heavy (non-hydrogen) atoms. The van der Waals surface area contributed by atoms with Crippen LogP contribution in [0.4, 0.5) is 0 Å². The van der Waals surface area contributed by atoms with Gasteiger partial charge in [0.05, 0.1) is 12.0 Å². The van der Waals surface area contributed by atoms with E-state index < -0.39 is 15.2 Å². The van der Waals surface area contributed by atoms with E-state index >= 15 is 0 Å². The monoisotopic (exact) mass is 335 g/mol. The zero-order valence-corrected chi connectivity index (χ0v) is 12.2. The van der Waals surface area contributed by atoms with Gasteiger partial charge in [-0.15, -0.1) is 0 Å². The zero-order valence-electron chi connectivity index (χ0n) is 7.46. The van der Waals surface area contributed by atoms with Crippen molar-refractivity contribution in [3.05, 3.63) is 6.33 Å². The van der Waals surface area contributed by atoms with Crippen molar-refractivity contribution >= 4 is 72.3 Å². The van der Waals surface area contributed by atoms with Gasteiger partial charge in [-0.3, -0.25) is 0 Å². The standard InChI is InChI=1S/C5H4Cl2N4OS4/c6-5(10-3(15-12)13-11-5)1-16(7)4-8-2-9-14-4/h2,11H,1H2/p+1/t5-,16?/m1/s1. The molecule has 1 unspecified atom stereocenters. The van der Waals surface area contributed by atoms with E-state index in [1.807, 2.05) is 0 Å². The summed E-state index contributed by atoms with van der Waals surface area (Å²) in [5, 5.41) is -0.980. The fourth-order valence-corrected chi connectivity index (χ4v) is 5.34. The summed E-state index contributed by atoms with van der Waals surface area (Å²) in [6.07, 6.45) is 1.46. The number of hydrogen-bond acceptors (Lipinski definition) is 8. The number of nitrogens with zero attached hydrogens (tertiary/aromatic N) is 3. The van der Waals surface area contributed by atoms with Crippen LogP contribution in [0.15, 0.2) is 15.7 Å². The third kappa shape index (κ3) is 3.16. The molecule has 2 heterocycles. The largest absolute Gasteiger partial charge is 0.343 e. The summed E-state index contributed by atoms with van der Waals surface area (Å²) in [6, 6.07) is 0. The van der Waals surface area contributed by atoms with Crippen LogP contribution >= 0.6 is 57.8 Å². The van der Waals surface area contributed by atoms with Gasteiger partial charge in [0.2, 0.25) is 5.12 Å². The van der Waals surface area contributed by atoms with E-state index in [1.54, 1.807) is 0 Å². The number of nitrogens with one attached hydrogen (secondary N) is 1. The minimum atomic E-state index is -0.980. The van der Waals surface area contributed by atoms with Gasteiger partial charge in [0.1, 0.15) is 6.33 Å². The molecule has 0 bridgehead atoms. The molecule has 1 aliphatic heterocycles. The molecule has 2 rings (SSSR count). The lowest BCUT2D eigenvalue weighted by Crippen LogP contribution is -2.36. The molecular formula is C5H5Cl2N4OS4+. The maximum atomic E-state index is 8.83. The lowest BCUT2D eigenvalue weighted by Gasteiger charge is -2.12. The molecule has 0 aliphatic carbocycles. The van der Waals surface area contributed by atoms with E-state index in [1.165, 1.54) is 29.8 Å². The third-order valence-electron chi connectivity index (χ3n) is 1.49. The van der Waals surface area contributed by atoms with Crippen molar-refractivity contribution < 1.29 is 4.55 Å². The number of rotatable bonds is 3. The van der Waals surface area contributed by atoms with Gasteiger partial charge in [0.15, 0.2) is 30.9 Å². The van der Waals surface area contributed by atoms with Crippen LogP contribution in [0.1, 0.15) is 0 Å². The van der Waals surface area contributed by atoms with Gasteiger partial charge >= 0.3 is 4.34 Å². The fraction of sp³-hybridized carbons (Fsp3) is 0.400. The second-order valence-corrected chi connectivity index (χ2v) is 8.36. The summed E-state index contributed by atoms with van der Waals surface area (Å²) in [5.74, 6) is 0.391. The molecule has 0 aromatic carbocycles. The van der Waals surface area contributed by atoms with Gasteiger partial charge in [-0.1, -0.05) is 11.6 Å². The number of halogens is 2. The molecule has 2 N–H and O–H groups in total. The smallest absolute Gasteiger partial charge is 0.324 e. The maximum Gasteiger partial charge on any atom is 0.343 e. The number of aromatic nitrogens is 2. The Morgan fingerprint density at radius 3 is 3.06 bits per heavy atom. The van der Waals surface area contributed by atoms with E-state index in [0.29, 0.717) is 22.2 Å². The number of aliphatic imine (C=N–C) groups is 1. The van der Waals surface area contributed by atoms with Crippen LogP contribution in [-0.2, 0) is 10.1 Å². The predicted octanol–water partition coefficient (Wildman–Crippen LogP) is 2.38. The van der Waals surface area contributed by atoms with Crippen LogP contribution in [0.5, 0.6) is 0 Å². The average molecular weight is 336 g/mol. The second kappa shape index (κ2) is 5.61. The summed E-state index contributed by atoms with van der Waals surface area (Å²) in [7, 11) is 5.53. The second-order valence-electron chi connectivity index (χ2n) is 2.61. The number of alkyl halides is 1.